The number of rotatable bonds is 1. The summed E-state index contributed by atoms with van der Waals surface area (Å²) in [4.78, 5) is 14.6. The zero-order chi connectivity index (χ0) is 11.8. The third-order valence-corrected chi connectivity index (χ3v) is 3.18. The normalized spacial score (nSPS) is 20.9. The van der Waals surface area contributed by atoms with Gasteiger partial charge in [0.1, 0.15) is 5.82 Å². The van der Waals surface area contributed by atoms with E-state index < -0.39 is 0 Å². The number of fused-ring (bicyclic) bond motifs is 1. The largest absolute Gasteiger partial charge is 0.379 e. The van der Waals surface area contributed by atoms with E-state index in [9.17, 15) is 9.18 Å². The molecule has 0 amide bonds. The molecule has 1 saturated heterocycles. The summed E-state index contributed by atoms with van der Waals surface area (Å²) in [5.41, 5.74) is 1.09. The fourth-order valence-electron chi connectivity index (χ4n) is 2.38. The topological polar surface area (TPSA) is 47.0 Å². The van der Waals surface area contributed by atoms with Gasteiger partial charge in [0.2, 0.25) is 0 Å². The van der Waals surface area contributed by atoms with Gasteiger partial charge in [-0.2, -0.15) is 0 Å². The van der Waals surface area contributed by atoms with Crippen molar-refractivity contribution in [3.63, 3.8) is 0 Å². The summed E-state index contributed by atoms with van der Waals surface area (Å²) in [6.45, 7) is 1.26. The summed E-state index contributed by atoms with van der Waals surface area (Å²) < 4.78 is 20.2. The van der Waals surface area contributed by atoms with Crippen LogP contribution in [0.25, 0.3) is 11.0 Å². The minimum absolute atomic E-state index is 0.00630. The maximum Gasteiger partial charge on any atom is 0.326 e. The zero-order valence-corrected chi connectivity index (χ0v) is 9.28. The van der Waals surface area contributed by atoms with E-state index in [-0.39, 0.29) is 17.5 Å². The average molecular weight is 236 g/mol. The van der Waals surface area contributed by atoms with Gasteiger partial charge in [-0.3, -0.25) is 4.57 Å². The Bertz CT molecular complexity index is 596. The van der Waals surface area contributed by atoms with Gasteiger partial charge in [-0.15, -0.1) is 0 Å². The summed E-state index contributed by atoms with van der Waals surface area (Å²) in [5.74, 6) is -0.332. The van der Waals surface area contributed by atoms with Crippen molar-refractivity contribution in [2.24, 2.45) is 0 Å². The molecule has 17 heavy (non-hydrogen) atoms. The van der Waals surface area contributed by atoms with Crippen LogP contribution in [0.2, 0.25) is 0 Å². The number of benzene rings is 1. The fraction of sp³-hybridized carbons (Fsp3) is 0.417. The molecule has 1 atom stereocenters. The van der Waals surface area contributed by atoms with Crippen LogP contribution in [0.5, 0.6) is 0 Å². The van der Waals surface area contributed by atoms with Crippen molar-refractivity contribution in [3.8, 4) is 0 Å². The molecule has 1 N–H and O–H groups in total. The van der Waals surface area contributed by atoms with Crippen LogP contribution < -0.4 is 5.69 Å². The van der Waals surface area contributed by atoms with Gasteiger partial charge in [-0.25, -0.2) is 9.18 Å². The minimum atomic E-state index is -0.332. The smallest absolute Gasteiger partial charge is 0.326 e. The molecule has 4 nitrogen and oxygen atoms in total. The predicted octanol–water partition coefficient (Wildman–Crippen LogP) is 1.82. The van der Waals surface area contributed by atoms with Gasteiger partial charge in [0.25, 0.3) is 0 Å². The molecule has 3 rings (SSSR count). The number of ether oxygens (including phenoxy) is 1. The van der Waals surface area contributed by atoms with Crippen LogP contribution in [0, 0.1) is 5.82 Å². The molecular weight excluding hydrogens is 223 g/mol. The molecule has 2 heterocycles. The van der Waals surface area contributed by atoms with E-state index in [2.05, 4.69) is 4.98 Å². The van der Waals surface area contributed by atoms with Crippen LogP contribution in [0.15, 0.2) is 23.0 Å². The summed E-state index contributed by atoms with van der Waals surface area (Å²) in [5, 5.41) is 0. The van der Waals surface area contributed by atoms with Crippen molar-refractivity contribution in [2.75, 3.05) is 13.2 Å². The van der Waals surface area contributed by atoms with Crippen LogP contribution in [0.1, 0.15) is 18.9 Å². The van der Waals surface area contributed by atoms with E-state index in [0.717, 1.165) is 19.4 Å². The van der Waals surface area contributed by atoms with Crippen molar-refractivity contribution < 1.29 is 9.13 Å². The number of nitrogens with zero attached hydrogens (tertiary/aromatic N) is 1. The Labute approximate surface area is 97.0 Å². The van der Waals surface area contributed by atoms with Crippen LogP contribution in [-0.2, 0) is 4.74 Å². The maximum atomic E-state index is 13.2. The number of nitrogens with one attached hydrogen (secondary N) is 1. The number of halogens is 1. The molecule has 1 aliphatic heterocycles. The quantitative estimate of drug-likeness (QED) is 0.821. The molecule has 0 spiro atoms. The number of hydrogen-bond acceptors (Lipinski definition) is 2. The summed E-state index contributed by atoms with van der Waals surface area (Å²) in [6.07, 6.45) is 1.82. The molecule has 0 saturated carbocycles. The molecule has 0 radical (unpaired) electrons. The Morgan fingerprint density at radius 3 is 3.12 bits per heavy atom. The lowest BCUT2D eigenvalue weighted by Gasteiger charge is -2.23. The van der Waals surface area contributed by atoms with E-state index in [0.29, 0.717) is 17.6 Å². The van der Waals surface area contributed by atoms with Crippen molar-refractivity contribution in [2.45, 2.75) is 18.9 Å². The van der Waals surface area contributed by atoms with Gasteiger partial charge < -0.3 is 9.72 Å². The van der Waals surface area contributed by atoms with E-state index in [1.54, 1.807) is 10.6 Å². The second-order valence-corrected chi connectivity index (χ2v) is 4.33. The van der Waals surface area contributed by atoms with Gasteiger partial charge in [0.15, 0.2) is 0 Å². The molecule has 1 unspecified atom stereocenters. The van der Waals surface area contributed by atoms with Crippen LogP contribution in [0.4, 0.5) is 4.39 Å². The molecule has 1 aromatic heterocycles. The molecule has 1 fully saturated rings. The van der Waals surface area contributed by atoms with Crippen LogP contribution >= 0.6 is 0 Å². The van der Waals surface area contributed by atoms with Gasteiger partial charge in [0.05, 0.1) is 23.7 Å². The van der Waals surface area contributed by atoms with E-state index in [1.807, 2.05) is 0 Å². The zero-order valence-electron chi connectivity index (χ0n) is 9.28. The second-order valence-electron chi connectivity index (χ2n) is 4.33. The lowest BCUT2D eigenvalue weighted by atomic mass is 10.1. The van der Waals surface area contributed by atoms with Gasteiger partial charge >= 0.3 is 5.69 Å². The average Bonchev–Trinajstić information content (AvgIpc) is 2.65. The third kappa shape index (κ3) is 1.76. The van der Waals surface area contributed by atoms with Gasteiger partial charge in [-0.1, -0.05) is 0 Å². The monoisotopic (exact) mass is 236 g/mol. The highest BCUT2D eigenvalue weighted by atomic mass is 19.1. The third-order valence-electron chi connectivity index (χ3n) is 3.18. The second kappa shape index (κ2) is 4.00. The molecule has 2 aromatic rings. The molecular formula is C12H13FN2O2. The standard InChI is InChI=1S/C12H13FN2O2/c13-8-3-4-10-11(6-8)15(12(16)14-10)9-2-1-5-17-7-9/h3-4,6,9H,1-2,5,7H2,(H,14,16). The molecule has 5 heteroatoms. The van der Waals surface area contributed by atoms with E-state index in [1.165, 1.54) is 12.1 Å². The Morgan fingerprint density at radius 1 is 1.47 bits per heavy atom. The Hall–Kier alpha value is -1.62. The summed E-state index contributed by atoms with van der Waals surface area (Å²) in [7, 11) is 0. The highest BCUT2D eigenvalue weighted by Gasteiger charge is 2.20. The Kier molecular flexibility index (Phi) is 2.48. The SMILES string of the molecule is O=c1[nH]c2ccc(F)cc2n1C1CCCOC1. The number of hydrogen-bond donors (Lipinski definition) is 1. The minimum Gasteiger partial charge on any atom is -0.379 e. The first-order valence-corrected chi connectivity index (χ1v) is 5.73. The first kappa shape index (κ1) is 10.5. The lowest BCUT2D eigenvalue weighted by molar-refractivity contribution is 0.0594. The molecule has 0 aliphatic carbocycles. The van der Waals surface area contributed by atoms with Gasteiger partial charge in [0, 0.05) is 6.61 Å². The first-order valence-electron chi connectivity index (χ1n) is 5.73. The molecule has 1 aromatic carbocycles. The Morgan fingerprint density at radius 2 is 2.35 bits per heavy atom. The summed E-state index contributed by atoms with van der Waals surface area (Å²) >= 11 is 0. The van der Waals surface area contributed by atoms with Crippen molar-refractivity contribution in [1.82, 2.24) is 9.55 Å². The van der Waals surface area contributed by atoms with Crippen molar-refractivity contribution in [1.29, 1.82) is 0 Å². The van der Waals surface area contributed by atoms with E-state index >= 15 is 0 Å². The number of H-pyrrole nitrogens is 1. The maximum absolute atomic E-state index is 13.2. The molecule has 90 valence electrons. The Balaban J connectivity index is 2.16. The van der Waals surface area contributed by atoms with Gasteiger partial charge in [-0.05, 0) is 31.0 Å². The lowest BCUT2D eigenvalue weighted by Crippen LogP contribution is -2.28. The molecule has 0 bridgehead atoms. The fourth-order valence-corrected chi connectivity index (χ4v) is 2.38. The summed E-state index contributed by atoms with van der Waals surface area (Å²) in [6, 6.07) is 4.33. The number of aromatic nitrogens is 2. The molecule has 1 aliphatic rings. The predicted molar refractivity (Wildman–Crippen MR) is 61.6 cm³/mol. The van der Waals surface area contributed by atoms with Crippen LogP contribution in [-0.4, -0.2) is 22.8 Å². The van der Waals surface area contributed by atoms with Crippen molar-refractivity contribution in [3.05, 3.63) is 34.5 Å². The highest BCUT2D eigenvalue weighted by Crippen LogP contribution is 2.22. The highest BCUT2D eigenvalue weighted by molar-refractivity contribution is 5.75. The number of imidazole rings is 1. The first-order chi connectivity index (χ1) is 8.25. The van der Waals surface area contributed by atoms with E-state index in [4.69, 9.17) is 4.74 Å². The van der Waals surface area contributed by atoms with Crippen LogP contribution in [0.3, 0.4) is 0 Å². The number of aromatic amines is 1. The van der Waals surface area contributed by atoms with Crippen molar-refractivity contribution >= 4 is 11.0 Å².